The summed E-state index contributed by atoms with van der Waals surface area (Å²) in [5.74, 6) is 0.693. The molecule has 5 nitrogen and oxygen atoms in total. The number of aromatic nitrogens is 2. The van der Waals surface area contributed by atoms with E-state index in [-0.39, 0.29) is 5.56 Å². The molecule has 0 unspecified atom stereocenters. The minimum atomic E-state index is -0.0598. The fraction of sp³-hybridized carbons (Fsp3) is 0.176. The third-order valence-electron chi connectivity index (χ3n) is 3.59. The molecule has 5 heteroatoms. The zero-order valence-corrected chi connectivity index (χ0v) is 12.6. The summed E-state index contributed by atoms with van der Waals surface area (Å²) in [5, 5.41) is 0.588. The summed E-state index contributed by atoms with van der Waals surface area (Å²) in [7, 11) is 3.54. The van der Waals surface area contributed by atoms with E-state index < -0.39 is 0 Å². The maximum Gasteiger partial charge on any atom is 0.262 e. The van der Waals surface area contributed by atoms with Crippen LogP contribution >= 0.6 is 0 Å². The number of hydrogen-bond donors (Lipinski definition) is 0. The number of anilines is 1. The molecular weight excluding hydrogens is 278 g/mol. The molecule has 0 atom stereocenters. The number of fused-ring (bicyclic) bond motifs is 1. The van der Waals surface area contributed by atoms with Crippen LogP contribution in [0.5, 0.6) is 5.75 Å². The standard InChI is InChI=1S/C17H17N3O2/c1-19(13-6-4-3-5-7-13)12-20-11-18-16-10-14(22-2)8-9-15(16)17(20)21/h3-11H,12H2,1-2H3. The number of para-hydroxylation sites is 1. The molecule has 0 saturated carbocycles. The fourth-order valence-electron chi connectivity index (χ4n) is 2.36. The van der Waals surface area contributed by atoms with Gasteiger partial charge in [-0.15, -0.1) is 0 Å². The second-order valence-corrected chi connectivity index (χ2v) is 5.08. The molecule has 3 aromatic rings. The average Bonchev–Trinajstić information content (AvgIpc) is 2.57. The summed E-state index contributed by atoms with van der Waals surface area (Å²) < 4.78 is 6.76. The summed E-state index contributed by atoms with van der Waals surface area (Å²) >= 11 is 0. The van der Waals surface area contributed by atoms with E-state index in [1.165, 1.54) is 0 Å². The number of nitrogens with zero attached hydrogens (tertiary/aromatic N) is 3. The summed E-state index contributed by atoms with van der Waals surface area (Å²) in [5.41, 5.74) is 1.63. The van der Waals surface area contributed by atoms with Crippen molar-refractivity contribution in [1.29, 1.82) is 0 Å². The predicted molar refractivity (Wildman–Crippen MR) is 87.4 cm³/mol. The number of hydrogen-bond acceptors (Lipinski definition) is 4. The Bertz CT molecular complexity index is 843. The molecular formula is C17H17N3O2. The second kappa shape index (κ2) is 5.89. The van der Waals surface area contributed by atoms with Gasteiger partial charge in [0.15, 0.2) is 0 Å². The highest BCUT2D eigenvalue weighted by atomic mass is 16.5. The minimum absolute atomic E-state index is 0.0598. The highest BCUT2D eigenvalue weighted by molar-refractivity contribution is 5.78. The van der Waals surface area contributed by atoms with Crippen molar-refractivity contribution in [1.82, 2.24) is 9.55 Å². The van der Waals surface area contributed by atoms with Crippen LogP contribution in [-0.4, -0.2) is 23.7 Å². The number of ether oxygens (including phenoxy) is 1. The van der Waals surface area contributed by atoms with Crippen molar-refractivity contribution in [3.8, 4) is 5.75 Å². The molecule has 1 heterocycles. The van der Waals surface area contributed by atoms with Gasteiger partial charge in [0.1, 0.15) is 5.75 Å². The quantitative estimate of drug-likeness (QED) is 0.742. The maximum atomic E-state index is 12.6. The molecule has 0 radical (unpaired) electrons. The molecule has 0 fully saturated rings. The number of methoxy groups -OCH3 is 1. The van der Waals surface area contributed by atoms with Gasteiger partial charge >= 0.3 is 0 Å². The maximum absolute atomic E-state index is 12.6. The third-order valence-corrected chi connectivity index (χ3v) is 3.59. The Morgan fingerprint density at radius 2 is 1.95 bits per heavy atom. The monoisotopic (exact) mass is 295 g/mol. The lowest BCUT2D eigenvalue weighted by Crippen LogP contribution is -2.29. The van der Waals surface area contributed by atoms with Crippen molar-refractivity contribution in [3.05, 3.63) is 65.2 Å². The first-order chi connectivity index (χ1) is 10.7. The molecule has 0 saturated heterocycles. The average molecular weight is 295 g/mol. The molecule has 0 aliphatic heterocycles. The van der Waals surface area contributed by atoms with Gasteiger partial charge in [-0.2, -0.15) is 0 Å². The Morgan fingerprint density at radius 3 is 2.68 bits per heavy atom. The Hall–Kier alpha value is -2.82. The number of benzene rings is 2. The molecule has 112 valence electrons. The first-order valence-electron chi connectivity index (χ1n) is 6.98. The largest absolute Gasteiger partial charge is 0.497 e. The van der Waals surface area contributed by atoms with Crippen molar-refractivity contribution in [3.63, 3.8) is 0 Å². The SMILES string of the molecule is COc1ccc2c(=O)n(CN(C)c3ccccc3)cnc2c1. The summed E-state index contributed by atoms with van der Waals surface area (Å²) in [6.45, 7) is 0.442. The zero-order valence-electron chi connectivity index (χ0n) is 12.6. The van der Waals surface area contributed by atoms with E-state index >= 15 is 0 Å². The van der Waals surface area contributed by atoms with Gasteiger partial charge in [0.05, 0.1) is 31.0 Å². The van der Waals surface area contributed by atoms with Crippen molar-refractivity contribution in [2.24, 2.45) is 0 Å². The van der Waals surface area contributed by atoms with Gasteiger partial charge in [0.25, 0.3) is 5.56 Å². The Morgan fingerprint density at radius 1 is 1.18 bits per heavy atom. The van der Waals surface area contributed by atoms with Gasteiger partial charge in [-0.25, -0.2) is 4.98 Å². The Labute approximate surface area is 128 Å². The van der Waals surface area contributed by atoms with Crippen LogP contribution in [0.25, 0.3) is 10.9 Å². The topological polar surface area (TPSA) is 47.4 Å². The van der Waals surface area contributed by atoms with Crippen molar-refractivity contribution >= 4 is 16.6 Å². The molecule has 0 amide bonds. The van der Waals surface area contributed by atoms with Crippen LogP contribution in [-0.2, 0) is 6.67 Å². The first kappa shape index (κ1) is 14.1. The van der Waals surface area contributed by atoms with Crippen molar-refractivity contribution in [2.45, 2.75) is 6.67 Å². The molecule has 1 aromatic heterocycles. The zero-order chi connectivity index (χ0) is 15.5. The van der Waals surface area contributed by atoms with Crippen molar-refractivity contribution < 1.29 is 4.74 Å². The van der Waals surface area contributed by atoms with Crippen LogP contribution in [0.15, 0.2) is 59.7 Å². The molecule has 3 rings (SSSR count). The van der Waals surface area contributed by atoms with Crippen LogP contribution in [0, 0.1) is 0 Å². The van der Waals surface area contributed by atoms with Crippen LogP contribution < -0.4 is 15.2 Å². The van der Waals surface area contributed by atoms with E-state index in [0.717, 1.165) is 5.69 Å². The molecule has 2 aromatic carbocycles. The van der Waals surface area contributed by atoms with Gasteiger partial charge in [-0.1, -0.05) is 18.2 Å². The van der Waals surface area contributed by atoms with E-state index in [0.29, 0.717) is 23.3 Å². The van der Waals surface area contributed by atoms with E-state index in [4.69, 9.17) is 4.74 Å². The first-order valence-corrected chi connectivity index (χ1v) is 6.98. The minimum Gasteiger partial charge on any atom is -0.497 e. The van der Waals surface area contributed by atoms with E-state index in [1.54, 1.807) is 36.2 Å². The molecule has 0 aliphatic rings. The summed E-state index contributed by atoms with van der Waals surface area (Å²) in [4.78, 5) is 18.9. The van der Waals surface area contributed by atoms with E-state index in [1.807, 2.05) is 42.3 Å². The van der Waals surface area contributed by atoms with Crippen LogP contribution in [0.4, 0.5) is 5.69 Å². The summed E-state index contributed by atoms with van der Waals surface area (Å²) in [6, 6.07) is 15.2. The lowest BCUT2D eigenvalue weighted by Gasteiger charge is -2.20. The van der Waals surface area contributed by atoms with Crippen LogP contribution in [0.2, 0.25) is 0 Å². The molecule has 0 bridgehead atoms. The molecule has 22 heavy (non-hydrogen) atoms. The lowest BCUT2D eigenvalue weighted by atomic mass is 10.2. The van der Waals surface area contributed by atoms with Crippen LogP contribution in [0.3, 0.4) is 0 Å². The smallest absolute Gasteiger partial charge is 0.262 e. The van der Waals surface area contributed by atoms with Gasteiger partial charge < -0.3 is 9.64 Å². The third kappa shape index (κ3) is 2.65. The lowest BCUT2D eigenvalue weighted by molar-refractivity contribution is 0.415. The predicted octanol–water partition coefficient (Wildman–Crippen LogP) is 2.50. The second-order valence-electron chi connectivity index (χ2n) is 5.08. The highest BCUT2D eigenvalue weighted by Crippen LogP contribution is 2.16. The molecule has 0 spiro atoms. The van der Waals surface area contributed by atoms with E-state index in [2.05, 4.69) is 4.98 Å². The van der Waals surface area contributed by atoms with Crippen molar-refractivity contribution in [2.75, 3.05) is 19.1 Å². The fourth-order valence-corrected chi connectivity index (χ4v) is 2.36. The summed E-state index contributed by atoms with van der Waals surface area (Å²) in [6.07, 6.45) is 1.57. The van der Waals surface area contributed by atoms with Gasteiger partial charge in [-0.05, 0) is 24.3 Å². The highest BCUT2D eigenvalue weighted by Gasteiger charge is 2.07. The molecule has 0 N–H and O–H groups in total. The molecule has 0 aliphatic carbocycles. The Kier molecular flexibility index (Phi) is 3.78. The van der Waals surface area contributed by atoms with Gasteiger partial charge in [0, 0.05) is 18.8 Å². The number of rotatable bonds is 4. The van der Waals surface area contributed by atoms with Crippen LogP contribution in [0.1, 0.15) is 0 Å². The normalized spacial score (nSPS) is 10.6. The van der Waals surface area contributed by atoms with Gasteiger partial charge in [0.2, 0.25) is 0 Å². The van der Waals surface area contributed by atoms with Gasteiger partial charge in [-0.3, -0.25) is 9.36 Å². The van der Waals surface area contributed by atoms with E-state index in [9.17, 15) is 4.79 Å². The Balaban J connectivity index is 1.95.